The van der Waals surface area contributed by atoms with Crippen molar-refractivity contribution in [3.63, 3.8) is 0 Å². The molecule has 0 saturated carbocycles. The summed E-state index contributed by atoms with van der Waals surface area (Å²) in [6.45, 7) is 0. The van der Waals surface area contributed by atoms with E-state index in [1.807, 2.05) is 0 Å². The van der Waals surface area contributed by atoms with Gasteiger partial charge in [0.15, 0.2) is 21.3 Å². The van der Waals surface area contributed by atoms with Crippen LogP contribution >= 0.6 is 0 Å². The Morgan fingerprint density at radius 3 is 2.58 bits per heavy atom. The van der Waals surface area contributed by atoms with E-state index in [4.69, 9.17) is 0 Å². The molecule has 7 nitrogen and oxygen atoms in total. The Bertz CT molecular complexity index is 935. The zero-order valence-electron chi connectivity index (χ0n) is 13.8. The van der Waals surface area contributed by atoms with E-state index in [2.05, 4.69) is 15.5 Å². The van der Waals surface area contributed by atoms with E-state index in [1.165, 1.54) is 12.1 Å². The van der Waals surface area contributed by atoms with Gasteiger partial charge in [0.25, 0.3) is 5.91 Å². The number of hydrogen-bond acceptors (Lipinski definition) is 6. The average molecular weight is 382 g/mol. The molecule has 138 valence electrons. The zero-order valence-corrected chi connectivity index (χ0v) is 14.6. The zero-order chi connectivity index (χ0) is 18.9. The number of carbonyl (C=O) groups excluding carboxylic acids is 1. The van der Waals surface area contributed by atoms with Gasteiger partial charge in [-0.2, -0.15) is 0 Å². The number of sulfone groups is 1. The minimum Gasteiger partial charge on any atom is -0.354 e. The van der Waals surface area contributed by atoms with Crippen molar-refractivity contribution in [2.75, 3.05) is 28.8 Å². The molecule has 3 rings (SSSR count). The summed E-state index contributed by atoms with van der Waals surface area (Å²) in [4.78, 5) is 13.8. The second kappa shape index (κ2) is 6.94. The van der Waals surface area contributed by atoms with Gasteiger partial charge in [0.1, 0.15) is 11.6 Å². The number of hydrogen-bond donors (Lipinski definition) is 1. The summed E-state index contributed by atoms with van der Waals surface area (Å²) in [6, 6.07) is 5.54. The molecule has 1 fully saturated rings. The molecule has 1 amide bonds. The SMILES string of the molecule is CN(c1ccc(C(=O)Nc2ccc(F)cc2F)nn1)C1CCS(=O)(=O)C1. The summed E-state index contributed by atoms with van der Waals surface area (Å²) < 4.78 is 49.6. The molecule has 1 atom stereocenters. The smallest absolute Gasteiger partial charge is 0.276 e. The molecule has 1 saturated heterocycles. The number of halogens is 2. The van der Waals surface area contributed by atoms with Crippen molar-refractivity contribution < 1.29 is 22.0 Å². The molecule has 1 aliphatic heterocycles. The van der Waals surface area contributed by atoms with Crippen LogP contribution in [0.15, 0.2) is 30.3 Å². The van der Waals surface area contributed by atoms with Crippen LogP contribution in [0.1, 0.15) is 16.9 Å². The van der Waals surface area contributed by atoms with Crippen molar-refractivity contribution in [3.05, 3.63) is 47.7 Å². The highest BCUT2D eigenvalue weighted by Crippen LogP contribution is 2.21. The molecule has 0 aliphatic carbocycles. The van der Waals surface area contributed by atoms with Gasteiger partial charge in [0.2, 0.25) is 0 Å². The van der Waals surface area contributed by atoms with E-state index in [1.54, 1.807) is 11.9 Å². The van der Waals surface area contributed by atoms with Gasteiger partial charge in [-0.05, 0) is 30.7 Å². The van der Waals surface area contributed by atoms with Gasteiger partial charge in [-0.15, -0.1) is 10.2 Å². The molecule has 1 aromatic heterocycles. The molecule has 0 radical (unpaired) electrons. The number of benzene rings is 1. The van der Waals surface area contributed by atoms with Crippen molar-refractivity contribution >= 4 is 27.2 Å². The van der Waals surface area contributed by atoms with Crippen molar-refractivity contribution in [1.82, 2.24) is 10.2 Å². The van der Waals surface area contributed by atoms with Crippen molar-refractivity contribution in [3.8, 4) is 0 Å². The maximum Gasteiger partial charge on any atom is 0.276 e. The van der Waals surface area contributed by atoms with Crippen LogP contribution < -0.4 is 10.2 Å². The van der Waals surface area contributed by atoms with Crippen LogP contribution in [0.3, 0.4) is 0 Å². The maximum absolute atomic E-state index is 13.6. The molecule has 2 heterocycles. The summed E-state index contributed by atoms with van der Waals surface area (Å²) in [5.74, 6) is -1.72. The van der Waals surface area contributed by atoms with Crippen LogP contribution in [0.5, 0.6) is 0 Å². The van der Waals surface area contributed by atoms with Crippen LogP contribution in [0, 0.1) is 11.6 Å². The van der Waals surface area contributed by atoms with Gasteiger partial charge in [-0.3, -0.25) is 4.79 Å². The largest absolute Gasteiger partial charge is 0.354 e. The summed E-state index contributed by atoms with van der Waals surface area (Å²) in [5, 5.41) is 10.0. The number of rotatable bonds is 4. The topological polar surface area (TPSA) is 92.3 Å². The predicted octanol–water partition coefficient (Wildman–Crippen LogP) is 1.63. The fourth-order valence-electron chi connectivity index (χ4n) is 2.68. The predicted molar refractivity (Wildman–Crippen MR) is 91.8 cm³/mol. The molecular weight excluding hydrogens is 366 g/mol. The molecule has 10 heteroatoms. The number of nitrogens with zero attached hydrogens (tertiary/aromatic N) is 3. The van der Waals surface area contributed by atoms with Gasteiger partial charge in [0.05, 0.1) is 17.2 Å². The van der Waals surface area contributed by atoms with Crippen LogP contribution in [-0.4, -0.2) is 49.1 Å². The van der Waals surface area contributed by atoms with Crippen LogP contribution in [0.4, 0.5) is 20.3 Å². The van der Waals surface area contributed by atoms with Gasteiger partial charge in [0, 0.05) is 19.2 Å². The summed E-state index contributed by atoms with van der Waals surface area (Å²) in [6.07, 6.45) is 0.507. The van der Waals surface area contributed by atoms with Crippen molar-refractivity contribution in [1.29, 1.82) is 0 Å². The number of anilines is 2. The normalized spacial score (nSPS) is 18.5. The third kappa shape index (κ3) is 3.96. The van der Waals surface area contributed by atoms with E-state index in [0.717, 1.165) is 12.1 Å². The second-order valence-corrected chi connectivity index (χ2v) is 8.25. The highest BCUT2D eigenvalue weighted by Gasteiger charge is 2.31. The summed E-state index contributed by atoms with van der Waals surface area (Å²) in [5.41, 5.74) is -0.222. The number of nitrogens with one attached hydrogen (secondary N) is 1. The minimum atomic E-state index is -3.03. The monoisotopic (exact) mass is 382 g/mol. The average Bonchev–Trinajstić information content (AvgIpc) is 2.97. The first-order valence-electron chi connectivity index (χ1n) is 7.78. The highest BCUT2D eigenvalue weighted by molar-refractivity contribution is 7.91. The molecule has 2 aromatic rings. The molecule has 1 aliphatic rings. The first-order valence-corrected chi connectivity index (χ1v) is 9.61. The highest BCUT2D eigenvalue weighted by atomic mass is 32.2. The molecule has 26 heavy (non-hydrogen) atoms. The lowest BCUT2D eigenvalue weighted by Crippen LogP contribution is -2.33. The lowest BCUT2D eigenvalue weighted by atomic mass is 10.2. The fraction of sp³-hybridized carbons (Fsp3) is 0.312. The van der Waals surface area contributed by atoms with Crippen LogP contribution in [-0.2, 0) is 9.84 Å². The molecule has 1 unspecified atom stereocenters. The first-order chi connectivity index (χ1) is 12.2. The third-order valence-corrected chi connectivity index (χ3v) is 5.93. The van der Waals surface area contributed by atoms with Gasteiger partial charge in [-0.1, -0.05) is 0 Å². The van der Waals surface area contributed by atoms with Crippen LogP contribution in [0.25, 0.3) is 0 Å². The van der Waals surface area contributed by atoms with Gasteiger partial charge < -0.3 is 10.2 Å². The Morgan fingerprint density at radius 1 is 1.23 bits per heavy atom. The standard InChI is InChI=1S/C16H16F2N4O3S/c1-22(11-6-7-26(24,25)9-11)15-5-4-14(20-21-15)16(23)19-13-3-2-10(17)8-12(13)18/h2-5,8,11H,6-7,9H2,1H3,(H,19,23). The Hall–Kier alpha value is -2.62. The fourth-order valence-corrected chi connectivity index (χ4v) is 4.45. The minimum absolute atomic E-state index is 0.0510. The van der Waals surface area contributed by atoms with Crippen LogP contribution in [0.2, 0.25) is 0 Å². The van der Waals surface area contributed by atoms with E-state index < -0.39 is 27.4 Å². The van der Waals surface area contributed by atoms with Crippen molar-refractivity contribution in [2.45, 2.75) is 12.5 Å². The maximum atomic E-state index is 13.6. The lowest BCUT2D eigenvalue weighted by molar-refractivity contribution is 0.102. The second-order valence-electron chi connectivity index (χ2n) is 6.02. The Morgan fingerprint density at radius 2 is 2.00 bits per heavy atom. The van der Waals surface area contributed by atoms with Gasteiger partial charge >= 0.3 is 0 Å². The number of amides is 1. The summed E-state index contributed by atoms with van der Waals surface area (Å²) >= 11 is 0. The molecule has 0 spiro atoms. The molecule has 0 bridgehead atoms. The van der Waals surface area contributed by atoms with Gasteiger partial charge in [-0.25, -0.2) is 17.2 Å². The Balaban J connectivity index is 1.70. The van der Waals surface area contributed by atoms with E-state index in [-0.39, 0.29) is 28.9 Å². The third-order valence-electron chi connectivity index (χ3n) is 4.18. The first kappa shape index (κ1) is 18.2. The Labute approximate surface area is 149 Å². The quantitative estimate of drug-likeness (QED) is 0.864. The molecule has 1 aromatic carbocycles. The Kier molecular flexibility index (Phi) is 4.86. The van der Waals surface area contributed by atoms with E-state index in [9.17, 15) is 22.0 Å². The number of carbonyl (C=O) groups is 1. The molecular formula is C16H16F2N4O3S. The van der Waals surface area contributed by atoms with Crippen molar-refractivity contribution in [2.24, 2.45) is 0 Å². The van der Waals surface area contributed by atoms with E-state index in [0.29, 0.717) is 18.3 Å². The molecule has 1 N–H and O–H groups in total. The number of aromatic nitrogens is 2. The lowest BCUT2D eigenvalue weighted by Gasteiger charge is -2.23. The summed E-state index contributed by atoms with van der Waals surface area (Å²) in [7, 11) is -1.32. The van der Waals surface area contributed by atoms with E-state index >= 15 is 0 Å².